The second-order valence-corrected chi connectivity index (χ2v) is 4.19. The molecule has 4 nitrogen and oxygen atoms in total. The molecule has 0 spiro atoms. The molecule has 3 rings (SSSR count). The Morgan fingerprint density at radius 2 is 2.17 bits per heavy atom. The van der Waals surface area contributed by atoms with Crippen LogP contribution in [0.4, 0.5) is 13.2 Å². The summed E-state index contributed by atoms with van der Waals surface area (Å²) in [5.74, 6) is -1.68. The summed E-state index contributed by atoms with van der Waals surface area (Å²) >= 11 is 0. The number of alkyl halides is 3. The van der Waals surface area contributed by atoms with Gasteiger partial charge in [-0.25, -0.2) is 0 Å². The summed E-state index contributed by atoms with van der Waals surface area (Å²) in [4.78, 5) is 7.87. The second-order valence-electron chi connectivity index (χ2n) is 4.19. The monoisotopic (exact) mass is 255 g/mol. The fraction of sp³-hybridized carbons (Fsp3) is 0.364. The van der Waals surface area contributed by atoms with Crippen molar-refractivity contribution in [1.29, 1.82) is 0 Å². The lowest BCUT2D eigenvalue weighted by Crippen LogP contribution is -2.11. The Morgan fingerprint density at radius 3 is 2.78 bits per heavy atom. The van der Waals surface area contributed by atoms with E-state index in [1.165, 1.54) is 6.20 Å². The van der Waals surface area contributed by atoms with Crippen molar-refractivity contribution < 1.29 is 17.7 Å². The van der Waals surface area contributed by atoms with Crippen molar-refractivity contribution >= 4 is 0 Å². The van der Waals surface area contributed by atoms with Crippen LogP contribution in [0.25, 0.3) is 11.5 Å². The minimum atomic E-state index is -4.18. The first-order chi connectivity index (χ1) is 8.55. The number of hydrogen-bond acceptors (Lipinski definition) is 4. The fourth-order valence-corrected chi connectivity index (χ4v) is 1.83. The normalized spacial score (nSPS) is 23.1. The molecular formula is C11H8F3N3O. The van der Waals surface area contributed by atoms with Crippen LogP contribution >= 0.6 is 0 Å². The van der Waals surface area contributed by atoms with Gasteiger partial charge in [0.2, 0.25) is 0 Å². The highest BCUT2D eigenvalue weighted by molar-refractivity contribution is 5.50. The molecule has 0 radical (unpaired) electrons. The quantitative estimate of drug-likeness (QED) is 0.828. The lowest BCUT2D eigenvalue weighted by atomic mass is 10.3. The highest BCUT2D eigenvalue weighted by Gasteiger charge is 2.58. The molecule has 0 unspecified atom stereocenters. The van der Waals surface area contributed by atoms with Crippen molar-refractivity contribution in [1.82, 2.24) is 15.1 Å². The summed E-state index contributed by atoms with van der Waals surface area (Å²) in [5.41, 5.74) is 0.598. The summed E-state index contributed by atoms with van der Waals surface area (Å²) < 4.78 is 42.2. The third-order valence-electron chi connectivity index (χ3n) is 2.89. The molecule has 0 saturated heterocycles. The van der Waals surface area contributed by atoms with E-state index >= 15 is 0 Å². The van der Waals surface area contributed by atoms with Gasteiger partial charge in [-0.15, -0.1) is 0 Å². The van der Waals surface area contributed by atoms with Crippen LogP contribution in [0.3, 0.4) is 0 Å². The topological polar surface area (TPSA) is 51.8 Å². The lowest BCUT2D eigenvalue weighted by molar-refractivity contribution is -0.148. The zero-order valence-corrected chi connectivity index (χ0v) is 9.05. The molecule has 0 aromatic carbocycles. The summed E-state index contributed by atoms with van der Waals surface area (Å²) in [6, 6.07) is 3.40. The Hall–Kier alpha value is -1.92. The first-order valence-electron chi connectivity index (χ1n) is 5.36. The van der Waals surface area contributed by atoms with Crippen molar-refractivity contribution in [2.75, 3.05) is 0 Å². The number of hydrogen-bond donors (Lipinski definition) is 0. The standard InChI is InChI=1S/C11H8F3N3O/c12-11(13,14)8-4-7(8)9-16-10(18-17-9)6-2-1-3-15-5-6/h1-3,5,7-8H,4H2/t7-,8-/m1/s1. The van der Waals surface area contributed by atoms with E-state index in [0.29, 0.717) is 5.56 Å². The molecular weight excluding hydrogens is 247 g/mol. The Bertz CT molecular complexity index is 552. The van der Waals surface area contributed by atoms with E-state index in [1.54, 1.807) is 18.3 Å². The molecule has 2 atom stereocenters. The minimum absolute atomic E-state index is 0.0372. The summed E-state index contributed by atoms with van der Waals surface area (Å²) in [5, 5.41) is 3.60. The summed E-state index contributed by atoms with van der Waals surface area (Å²) in [6.45, 7) is 0. The Balaban J connectivity index is 1.80. The predicted octanol–water partition coefficient (Wildman–Crippen LogP) is 2.80. The van der Waals surface area contributed by atoms with E-state index in [-0.39, 0.29) is 18.1 Å². The summed E-state index contributed by atoms with van der Waals surface area (Å²) in [6.07, 6.45) is -1.04. The number of halogens is 3. The average molecular weight is 255 g/mol. The molecule has 1 saturated carbocycles. The molecule has 0 bridgehead atoms. The van der Waals surface area contributed by atoms with E-state index in [2.05, 4.69) is 15.1 Å². The molecule has 2 heterocycles. The van der Waals surface area contributed by atoms with Gasteiger partial charge in [-0.1, -0.05) is 5.16 Å². The average Bonchev–Trinajstić information content (AvgIpc) is 3.02. The predicted molar refractivity (Wildman–Crippen MR) is 54.4 cm³/mol. The number of aromatic nitrogens is 3. The van der Waals surface area contributed by atoms with Crippen LogP contribution in [0.2, 0.25) is 0 Å². The fourth-order valence-electron chi connectivity index (χ4n) is 1.83. The number of rotatable bonds is 2. The molecule has 7 heteroatoms. The molecule has 1 aliphatic carbocycles. The van der Waals surface area contributed by atoms with E-state index in [4.69, 9.17) is 4.52 Å². The van der Waals surface area contributed by atoms with Gasteiger partial charge in [0.25, 0.3) is 5.89 Å². The van der Waals surface area contributed by atoms with E-state index in [9.17, 15) is 13.2 Å². The van der Waals surface area contributed by atoms with Crippen LogP contribution in [0.15, 0.2) is 29.0 Å². The van der Waals surface area contributed by atoms with Crippen molar-refractivity contribution in [2.24, 2.45) is 5.92 Å². The van der Waals surface area contributed by atoms with Gasteiger partial charge >= 0.3 is 6.18 Å². The number of nitrogens with zero attached hydrogens (tertiary/aromatic N) is 3. The van der Waals surface area contributed by atoms with Crippen molar-refractivity contribution in [3.8, 4) is 11.5 Å². The van der Waals surface area contributed by atoms with Crippen LogP contribution in [-0.2, 0) is 0 Å². The highest BCUT2D eigenvalue weighted by atomic mass is 19.4. The largest absolute Gasteiger partial charge is 0.392 e. The van der Waals surface area contributed by atoms with Crippen LogP contribution in [0.5, 0.6) is 0 Å². The van der Waals surface area contributed by atoms with Gasteiger partial charge in [0.1, 0.15) is 0 Å². The minimum Gasteiger partial charge on any atom is -0.334 e. The Kier molecular flexibility index (Phi) is 2.36. The third-order valence-corrected chi connectivity index (χ3v) is 2.89. The molecule has 94 valence electrons. The Labute approximate surface area is 99.8 Å². The van der Waals surface area contributed by atoms with Gasteiger partial charge in [-0.05, 0) is 18.6 Å². The maximum Gasteiger partial charge on any atom is 0.392 e. The maximum absolute atomic E-state index is 12.4. The van der Waals surface area contributed by atoms with Crippen molar-refractivity contribution in [2.45, 2.75) is 18.5 Å². The van der Waals surface area contributed by atoms with Crippen LogP contribution in [0, 0.1) is 5.92 Å². The molecule has 0 amide bonds. The lowest BCUT2D eigenvalue weighted by Gasteiger charge is -2.02. The van der Waals surface area contributed by atoms with E-state index in [1.807, 2.05) is 0 Å². The van der Waals surface area contributed by atoms with E-state index < -0.39 is 18.0 Å². The third kappa shape index (κ3) is 1.96. The van der Waals surface area contributed by atoms with Gasteiger partial charge < -0.3 is 4.52 Å². The highest BCUT2D eigenvalue weighted by Crippen LogP contribution is 2.55. The maximum atomic E-state index is 12.4. The molecule has 18 heavy (non-hydrogen) atoms. The van der Waals surface area contributed by atoms with Gasteiger partial charge in [0, 0.05) is 18.3 Å². The van der Waals surface area contributed by atoms with Gasteiger partial charge in [-0.2, -0.15) is 18.2 Å². The second kappa shape index (κ2) is 3.79. The van der Waals surface area contributed by atoms with Crippen molar-refractivity contribution in [3.05, 3.63) is 30.4 Å². The first kappa shape index (κ1) is 11.2. The first-order valence-corrected chi connectivity index (χ1v) is 5.36. The molecule has 2 aromatic rings. The zero-order chi connectivity index (χ0) is 12.8. The van der Waals surface area contributed by atoms with Gasteiger partial charge in [0.15, 0.2) is 5.82 Å². The number of pyridine rings is 1. The van der Waals surface area contributed by atoms with Crippen LogP contribution < -0.4 is 0 Å². The molecule has 1 aliphatic rings. The van der Waals surface area contributed by atoms with Gasteiger partial charge in [-0.3, -0.25) is 4.98 Å². The smallest absolute Gasteiger partial charge is 0.334 e. The van der Waals surface area contributed by atoms with E-state index in [0.717, 1.165) is 0 Å². The zero-order valence-electron chi connectivity index (χ0n) is 9.05. The molecule has 0 aliphatic heterocycles. The van der Waals surface area contributed by atoms with Gasteiger partial charge in [0.05, 0.1) is 11.5 Å². The Morgan fingerprint density at radius 1 is 1.33 bits per heavy atom. The summed E-state index contributed by atoms with van der Waals surface area (Å²) in [7, 11) is 0. The molecule has 1 fully saturated rings. The van der Waals surface area contributed by atoms with Crippen LogP contribution in [0.1, 0.15) is 18.2 Å². The SMILES string of the molecule is FC(F)(F)[C@@H]1C[C@H]1c1noc(-c2cccnc2)n1. The van der Waals surface area contributed by atoms with Crippen molar-refractivity contribution in [3.63, 3.8) is 0 Å². The molecule has 0 N–H and O–H groups in total. The van der Waals surface area contributed by atoms with Crippen LogP contribution in [-0.4, -0.2) is 21.3 Å². The molecule has 2 aromatic heterocycles.